The molecule has 0 saturated heterocycles. The van der Waals surface area contributed by atoms with E-state index in [0.717, 1.165) is 16.5 Å². The lowest BCUT2D eigenvalue weighted by atomic mass is 10.1. The van der Waals surface area contributed by atoms with Gasteiger partial charge in [0.1, 0.15) is 0 Å². The zero-order chi connectivity index (χ0) is 10.8. The number of hydrogen-bond donors (Lipinski definition) is 0. The summed E-state index contributed by atoms with van der Waals surface area (Å²) >= 11 is 12.0. The average Bonchev–Trinajstić information content (AvgIpc) is 2.23. The Morgan fingerprint density at radius 2 is 2.13 bits per heavy atom. The van der Waals surface area contributed by atoms with Gasteiger partial charge in [-0.15, -0.1) is 0 Å². The van der Waals surface area contributed by atoms with E-state index >= 15 is 0 Å². The Bertz CT molecular complexity index is 558. The standard InChI is InChI=1S/C11H6Cl2N2/c12-8-1-2-10-9(5-8)11(13)7(3-4-14)6-15-10/h1-2,5-6H,3H2. The molecule has 0 aliphatic rings. The van der Waals surface area contributed by atoms with Crippen molar-refractivity contribution < 1.29 is 0 Å². The minimum atomic E-state index is 0.258. The fourth-order valence-corrected chi connectivity index (χ4v) is 1.82. The third-order valence-corrected chi connectivity index (χ3v) is 2.79. The van der Waals surface area contributed by atoms with Crippen LogP contribution in [0.1, 0.15) is 5.56 Å². The van der Waals surface area contributed by atoms with E-state index in [1.807, 2.05) is 6.07 Å². The molecule has 0 spiro atoms. The number of halogens is 2. The first kappa shape index (κ1) is 10.2. The van der Waals surface area contributed by atoms with Crippen molar-refractivity contribution in [1.82, 2.24) is 4.98 Å². The number of rotatable bonds is 1. The quantitative estimate of drug-likeness (QED) is 0.759. The predicted molar refractivity (Wildman–Crippen MR) is 61.1 cm³/mol. The first-order valence-electron chi connectivity index (χ1n) is 4.32. The van der Waals surface area contributed by atoms with Crippen molar-refractivity contribution in [3.8, 4) is 6.07 Å². The van der Waals surface area contributed by atoms with E-state index in [4.69, 9.17) is 28.5 Å². The van der Waals surface area contributed by atoms with Gasteiger partial charge < -0.3 is 0 Å². The van der Waals surface area contributed by atoms with Crippen LogP contribution in [-0.4, -0.2) is 4.98 Å². The maximum absolute atomic E-state index is 8.61. The summed E-state index contributed by atoms with van der Waals surface area (Å²) in [5.74, 6) is 0. The van der Waals surface area contributed by atoms with Gasteiger partial charge >= 0.3 is 0 Å². The second-order valence-corrected chi connectivity index (χ2v) is 3.91. The van der Waals surface area contributed by atoms with Crippen molar-refractivity contribution in [2.24, 2.45) is 0 Å². The van der Waals surface area contributed by atoms with Crippen molar-refractivity contribution in [3.05, 3.63) is 40.0 Å². The molecule has 0 fully saturated rings. The fraction of sp³-hybridized carbons (Fsp3) is 0.0909. The minimum absolute atomic E-state index is 0.258. The summed E-state index contributed by atoms with van der Waals surface area (Å²) in [6, 6.07) is 7.37. The van der Waals surface area contributed by atoms with Crippen LogP contribution in [0.5, 0.6) is 0 Å². The molecule has 0 amide bonds. The van der Waals surface area contributed by atoms with Crippen molar-refractivity contribution in [2.75, 3.05) is 0 Å². The third-order valence-electron chi connectivity index (χ3n) is 2.11. The van der Waals surface area contributed by atoms with Gasteiger partial charge in [-0.05, 0) is 18.2 Å². The van der Waals surface area contributed by atoms with Crippen LogP contribution in [0.3, 0.4) is 0 Å². The predicted octanol–water partition coefficient (Wildman–Crippen LogP) is 3.61. The lowest BCUT2D eigenvalue weighted by Crippen LogP contribution is -1.88. The molecule has 2 aromatic rings. The van der Waals surface area contributed by atoms with E-state index in [1.165, 1.54) is 0 Å². The summed E-state index contributed by atoms with van der Waals surface area (Å²) in [4.78, 5) is 4.21. The largest absolute Gasteiger partial charge is 0.256 e. The molecule has 2 rings (SSSR count). The molecule has 74 valence electrons. The van der Waals surface area contributed by atoms with Crippen LogP contribution < -0.4 is 0 Å². The second kappa shape index (κ2) is 4.06. The number of aromatic nitrogens is 1. The Balaban J connectivity index is 2.72. The van der Waals surface area contributed by atoms with Crippen LogP contribution in [0.15, 0.2) is 24.4 Å². The molecule has 1 aromatic carbocycles. The lowest BCUT2D eigenvalue weighted by Gasteiger charge is -2.04. The van der Waals surface area contributed by atoms with Crippen molar-refractivity contribution in [2.45, 2.75) is 6.42 Å². The molecule has 0 atom stereocenters. The molecule has 0 saturated carbocycles. The second-order valence-electron chi connectivity index (χ2n) is 3.09. The van der Waals surface area contributed by atoms with Gasteiger partial charge in [0.25, 0.3) is 0 Å². The van der Waals surface area contributed by atoms with Gasteiger partial charge in [-0.1, -0.05) is 23.2 Å². The van der Waals surface area contributed by atoms with Gasteiger partial charge in [-0.3, -0.25) is 4.98 Å². The Kier molecular flexibility index (Phi) is 2.77. The number of nitriles is 1. The SMILES string of the molecule is N#CCc1cnc2ccc(Cl)cc2c1Cl. The number of fused-ring (bicyclic) bond motifs is 1. The molecular formula is C11H6Cl2N2. The van der Waals surface area contributed by atoms with Gasteiger partial charge in [0.05, 0.1) is 23.0 Å². The zero-order valence-electron chi connectivity index (χ0n) is 7.67. The first-order chi connectivity index (χ1) is 7.22. The molecule has 4 heteroatoms. The van der Waals surface area contributed by atoms with Crippen molar-refractivity contribution in [1.29, 1.82) is 5.26 Å². The van der Waals surface area contributed by atoms with E-state index in [2.05, 4.69) is 4.98 Å². The number of benzene rings is 1. The van der Waals surface area contributed by atoms with E-state index < -0.39 is 0 Å². The summed E-state index contributed by atoms with van der Waals surface area (Å²) in [7, 11) is 0. The Morgan fingerprint density at radius 1 is 1.33 bits per heavy atom. The van der Waals surface area contributed by atoms with E-state index in [0.29, 0.717) is 10.0 Å². The van der Waals surface area contributed by atoms with Crippen molar-refractivity contribution >= 4 is 34.1 Å². The van der Waals surface area contributed by atoms with Gasteiger partial charge in [0.2, 0.25) is 0 Å². The van der Waals surface area contributed by atoms with Gasteiger partial charge in [0, 0.05) is 22.2 Å². The minimum Gasteiger partial charge on any atom is -0.256 e. The topological polar surface area (TPSA) is 36.7 Å². The summed E-state index contributed by atoms with van der Waals surface area (Å²) < 4.78 is 0. The molecule has 0 aliphatic carbocycles. The van der Waals surface area contributed by atoms with Gasteiger partial charge in [-0.25, -0.2) is 0 Å². The molecular weight excluding hydrogens is 231 g/mol. The summed E-state index contributed by atoms with van der Waals surface area (Å²) in [6.45, 7) is 0. The molecule has 2 nitrogen and oxygen atoms in total. The van der Waals surface area contributed by atoms with Crippen LogP contribution in [0, 0.1) is 11.3 Å². The van der Waals surface area contributed by atoms with Crippen LogP contribution in [0.4, 0.5) is 0 Å². The third kappa shape index (κ3) is 1.90. The smallest absolute Gasteiger partial charge is 0.0718 e. The lowest BCUT2D eigenvalue weighted by molar-refractivity contribution is 1.22. The molecule has 15 heavy (non-hydrogen) atoms. The molecule has 0 unspecified atom stereocenters. The summed E-state index contributed by atoms with van der Waals surface area (Å²) in [5.41, 5.74) is 1.51. The highest BCUT2D eigenvalue weighted by Gasteiger charge is 2.06. The average molecular weight is 237 g/mol. The Hall–Kier alpha value is -1.30. The van der Waals surface area contributed by atoms with E-state index in [-0.39, 0.29) is 6.42 Å². The molecule has 0 radical (unpaired) electrons. The normalized spacial score (nSPS) is 10.2. The molecule has 0 bridgehead atoms. The highest BCUT2D eigenvalue weighted by Crippen LogP contribution is 2.28. The highest BCUT2D eigenvalue weighted by molar-refractivity contribution is 6.37. The molecule has 1 aromatic heterocycles. The maximum atomic E-state index is 8.61. The van der Waals surface area contributed by atoms with Gasteiger partial charge in [0.15, 0.2) is 0 Å². The fourth-order valence-electron chi connectivity index (χ4n) is 1.38. The molecule has 0 aliphatic heterocycles. The number of nitrogens with zero attached hydrogens (tertiary/aromatic N) is 2. The van der Waals surface area contributed by atoms with E-state index in [1.54, 1.807) is 24.4 Å². The summed E-state index contributed by atoms with van der Waals surface area (Å²) in [6.07, 6.45) is 1.88. The van der Waals surface area contributed by atoms with E-state index in [9.17, 15) is 0 Å². The zero-order valence-corrected chi connectivity index (χ0v) is 9.18. The highest BCUT2D eigenvalue weighted by atomic mass is 35.5. The van der Waals surface area contributed by atoms with Crippen LogP contribution in [0.2, 0.25) is 10.0 Å². The monoisotopic (exact) mass is 236 g/mol. The Labute approximate surface area is 97.1 Å². The summed E-state index contributed by atoms with van der Waals surface area (Å²) in [5, 5.41) is 10.6. The van der Waals surface area contributed by atoms with Crippen LogP contribution in [0.25, 0.3) is 10.9 Å². The number of pyridine rings is 1. The molecule has 1 heterocycles. The number of hydrogen-bond acceptors (Lipinski definition) is 2. The maximum Gasteiger partial charge on any atom is 0.0718 e. The Morgan fingerprint density at radius 3 is 2.87 bits per heavy atom. The van der Waals surface area contributed by atoms with Crippen LogP contribution in [-0.2, 0) is 6.42 Å². The first-order valence-corrected chi connectivity index (χ1v) is 5.07. The van der Waals surface area contributed by atoms with Crippen molar-refractivity contribution in [3.63, 3.8) is 0 Å². The van der Waals surface area contributed by atoms with Gasteiger partial charge in [-0.2, -0.15) is 5.26 Å². The molecule has 0 N–H and O–H groups in total. The van der Waals surface area contributed by atoms with Crippen LogP contribution >= 0.6 is 23.2 Å².